The third-order valence-electron chi connectivity index (χ3n) is 1.40. The molecule has 2 rings (SSSR count). The molecular formula is C8H6ClO2P. The highest BCUT2D eigenvalue weighted by Gasteiger charge is 2.15. The lowest BCUT2D eigenvalue weighted by atomic mass is 10.7. The molecule has 0 N–H and O–H groups in total. The summed E-state index contributed by atoms with van der Waals surface area (Å²) in [5, 5.41) is 0. The second kappa shape index (κ2) is 3.34. The lowest BCUT2D eigenvalue weighted by Crippen LogP contribution is -2.02. The summed E-state index contributed by atoms with van der Waals surface area (Å²) in [6.45, 7) is 0. The molecule has 0 saturated heterocycles. The largest absolute Gasteiger partial charge is 0.463 e. The molecule has 0 bridgehead atoms. The SMILES string of the molecule is ClP(c1ccco1)c1ccco1. The summed E-state index contributed by atoms with van der Waals surface area (Å²) in [7, 11) is -0.958. The Bertz CT molecular complexity index is 294. The number of furan rings is 2. The van der Waals surface area contributed by atoms with E-state index >= 15 is 0 Å². The summed E-state index contributed by atoms with van der Waals surface area (Å²) in [6, 6.07) is 7.33. The molecule has 2 heterocycles. The van der Waals surface area contributed by atoms with Crippen LogP contribution in [0.3, 0.4) is 0 Å². The van der Waals surface area contributed by atoms with Crippen molar-refractivity contribution in [1.82, 2.24) is 0 Å². The minimum Gasteiger partial charge on any atom is -0.463 e. The summed E-state index contributed by atoms with van der Waals surface area (Å²) in [5.74, 6) is 0. The summed E-state index contributed by atoms with van der Waals surface area (Å²) < 4.78 is 10.3. The van der Waals surface area contributed by atoms with E-state index in [-0.39, 0.29) is 0 Å². The summed E-state index contributed by atoms with van der Waals surface area (Å²) in [6.07, 6.45) is 3.21. The fraction of sp³-hybridized carbons (Fsp3) is 0. The van der Waals surface area contributed by atoms with E-state index in [0.717, 1.165) is 11.0 Å². The van der Waals surface area contributed by atoms with Gasteiger partial charge in [0.1, 0.15) is 18.3 Å². The zero-order valence-electron chi connectivity index (χ0n) is 6.11. The normalized spacial score (nSPS) is 10.8. The number of hydrogen-bond donors (Lipinski definition) is 0. The highest BCUT2D eigenvalue weighted by atomic mass is 35.7. The van der Waals surface area contributed by atoms with Crippen molar-refractivity contribution in [2.24, 2.45) is 0 Å². The minimum atomic E-state index is -0.958. The molecule has 0 saturated carbocycles. The molecule has 0 fully saturated rings. The Kier molecular flexibility index (Phi) is 2.20. The lowest BCUT2D eigenvalue weighted by molar-refractivity contribution is 0.594. The molecule has 2 aromatic rings. The van der Waals surface area contributed by atoms with Gasteiger partial charge in [0, 0.05) is 0 Å². The van der Waals surface area contributed by atoms with E-state index in [1.807, 2.05) is 24.3 Å². The highest BCUT2D eigenvalue weighted by molar-refractivity contribution is 7.95. The smallest absolute Gasteiger partial charge is 0.148 e. The molecule has 0 amide bonds. The van der Waals surface area contributed by atoms with Gasteiger partial charge in [0.2, 0.25) is 0 Å². The first-order valence-electron chi connectivity index (χ1n) is 3.41. The van der Waals surface area contributed by atoms with Gasteiger partial charge in [-0.15, -0.1) is 0 Å². The van der Waals surface area contributed by atoms with Crippen molar-refractivity contribution in [2.45, 2.75) is 0 Å². The van der Waals surface area contributed by atoms with Crippen LogP contribution in [-0.2, 0) is 0 Å². The van der Waals surface area contributed by atoms with Crippen molar-refractivity contribution in [3.63, 3.8) is 0 Å². The van der Waals surface area contributed by atoms with Gasteiger partial charge < -0.3 is 8.83 Å². The van der Waals surface area contributed by atoms with E-state index in [1.54, 1.807) is 12.5 Å². The molecule has 0 spiro atoms. The molecule has 0 aromatic carbocycles. The number of hydrogen-bond acceptors (Lipinski definition) is 2. The van der Waals surface area contributed by atoms with E-state index in [1.165, 1.54) is 0 Å². The zero-order chi connectivity index (χ0) is 8.39. The van der Waals surface area contributed by atoms with Gasteiger partial charge in [0.25, 0.3) is 0 Å². The molecule has 2 aromatic heterocycles. The van der Waals surface area contributed by atoms with Gasteiger partial charge in [0.15, 0.2) is 0 Å². The minimum absolute atomic E-state index is 0.765. The highest BCUT2D eigenvalue weighted by Crippen LogP contribution is 2.38. The van der Waals surface area contributed by atoms with Crippen molar-refractivity contribution < 1.29 is 8.83 Å². The Morgan fingerprint density at radius 2 is 1.50 bits per heavy atom. The van der Waals surface area contributed by atoms with Crippen LogP contribution in [0.4, 0.5) is 0 Å². The van der Waals surface area contributed by atoms with Crippen LogP contribution in [0.1, 0.15) is 0 Å². The maximum atomic E-state index is 6.09. The topological polar surface area (TPSA) is 26.3 Å². The molecule has 0 unspecified atom stereocenters. The maximum Gasteiger partial charge on any atom is 0.148 e. The van der Waals surface area contributed by atoms with Crippen molar-refractivity contribution >= 4 is 29.5 Å². The molecule has 4 heteroatoms. The Balaban J connectivity index is 2.27. The molecule has 62 valence electrons. The molecule has 0 aliphatic heterocycles. The quantitative estimate of drug-likeness (QED) is 0.696. The van der Waals surface area contributed by atoms with E-state index in [4.69, 9.17) is 20.1 Å². The van der Waals surface area contributed by atoms with Crippen LogP contribution < -0.4 is 11.0 Å². The van der Waals surface area contributed by atoms with E-state index < -0.39 is 7.27 Å². The average molecular weight is 201 g/mol. The lowest BCUT2D eigenvalue weighted by Gasteiger charge is -2.00. The summed E-state index contributed by atoms with van der Waals surface area (Å²) >= 11 is 6.09. The molecule has 2 nitrogen and oxygen atoms in total. The van der Waals surface area contributed by atoms with Gasteiger partial charge in [-0.2, -0.15) is 0 Å². The summed E-state index contributed by atoms with van der Waals surface area (Å²) in [4.78, 5) is 0. The standard InChI is InChI=1S/C8H6ClO2P/c9-12(7-3-1-5-10-7)8-4-2-6-11-8/h1-6H. The third-order valence-corrected chi connectivity index (χ3v) is 3.68. The fourth-order valence-corrected chi connectivity index (χ4v) is 2.41. The van der Waals surface area contributed by atoms with E-state index in [9.17, 15) is 0 Å². The molecule has 0 atom stereocenters. The first kappa shape index (κ1) is 7.90. The first-order chi connectivity index (χ1) is 5.88. The molecule has 0 aliphatic carbocycles. The van der Waals surface area contributed by atoms with Crippen LogP contribution >= 0.6 is 18.5 Å². The number of halogens is 1. The molecule has 0 aliphatic rings. The van der Waals surface area contributed by atoms with Gasteiger partial charge in [-0.25, -0.2) is 0 Å². The second-order valence-corrected chi connectivity index (χ2v) is 4.64. The second-order valence-electron chi connectivity index (χ2n) is 2.18. The van der Waals surface area contributed by atoms with Crippen LogP contribution in [0.25, 0.3) is 0 Å². The van der Waals surface area contributed by atoms with Gasteiger partial charge in [-0.05, 0) is 24.3 Å². The van der Waals surface area contributed by atoms with E-state index in [0.29, 0.717) is 0 Å². The van der Waals surface area contributed by atoms with Crippen LogP contribution in [0.15, 0.2) is 45.6 Å². The monoisotopic (exact) mass is 200 g/mol. The Labute approximate surface area is 75.7 Å². The average Bonchev–Trinajstić information content (AvgIpc) is 2.77. The van der Waals surface area contributed by atoms with Crippen molar-refractivity contribution in [3.05, 3.63) is 36.8 Å². The molecule has 12 heavy (non-hydrogen) atoms. The van der Waals surface area contributed by atoms with Gasteiger partial charge in [-0.1, -0.05) is 11.2 Å². The zero-order valence-corrected chi connectivity index (χ0v) is 7.76. The van der Waals surface area contributed by atoms with Gasteiger partial charge >= 0.3 is 0 Å². The summed E-state index contributed by atoms with van der Waals surface area (Å²) in [5.41, 5.74) is 1.53. The van der Waals surface area contributed by atoms with Crippen LogP contribution in [0.5, 0.6) is 0 Å². The van der Waals surface area contributed by atoms with Gasteiger partial charge in [-0.3, -0.25) is 0 Å². The van der Waals surface area contributed by atoms with Crippen molar-refractivity contribution in [2.75, 3.05) is 0 Å². The van der Waals surface area contributed by atoms with Crippen molar-refractivity contribution in [1.29, 1.82) is 0 Å². The first-order valence-corrected chi connectivity index (χ1v) is 5.65. The predicted octanol–water partition coefficient (Wildman–Crippen LogP) is 2.46. The maximum absolute atomic E-state index is 6.09. The van der Waals surface area contributed by atoms with E-state index in [2.05, 4.69) is 0 Å². The van der Waals surface area contributed by atoms with Gasteiger partial charge in [0.05, 0.1) is 12.5 Å². The number of rotatable bonds is 2. The van der Waals surface area contributed by atoms with Crippen molar-refractivity contribution in [3.8, 4) is 0 Å². The van der Waals surface area contributed by atoms with Crippen LogP contribution in [-0.4, -0.2) is 0 Å². The van der Waals surface area contributed by atoms with Crippen LogP contribution in [0, 0.1) is 0 Å². The molecule has 0 radical (unpaired) electrons. The Morgan fingerprint density at radius 1 is 1.00 bits per heavy atom. The Hall–Kier alpha value is -0.720. The molecular weight excluding hydrogens is 195 g/mol. The predicted molar refractivity (Wildman–Crippen MR) is 49.5 cm³/mol. The Morgan fingerprint density at radius 3 is 1.83 bits per heavy atom. The fourth-order valence-electron chi connectivity index (χ4n) is 0.872. The third kappa shape index (κ3) is 1.40. The van der Waals surface area contributed by atoms with Crippen LogP contribution in [0.2, 0.25) is 0 Å².